The second kappa shape index (κ2) is 7.08. The highest BCUT2D eigenvalue weighted by Gasteiger charge is 2.13. The van der Waals surface area contributed by atoms with Crippen LogP contribution in [0.15, 0.2) is 119 Å². The van der Waals surface area contributed by atoms with Crippen LogP contribution in [0.4, 0.5) is 11.4 Å². The first kappa shape index (κ1) is 17.4. The highest BCUT2D eigenvalue weighted by atomic mass is 32.2. The topological polar surface area (TPSA) is 12.0 Å². The Labute approximate surface area is 179 Å². The van der Waals surface area contributed by atoms with Crippen molar-refractivity contribution < 1.29 is 0 Å². The molecule has 0 unspecified atom stereocenters. The summed E-state index contributed by atoms with van der Waals surface area (Å²) in [6.45, 7) is 0. The van der Waals surface area contributed by atoms with Crippen molar-refractivity contribution >= 4 is 55.5 Å². The Morgan fingerprint density at radius 3 is 1.23 bits per heavy atom. The summed E-state index contributed by atoms with van der Waals surface area (Å²) in [5.41, 5.74) is 2.41. The third kappa shape index (κ3) is 2.89. The highest BCUT2D eigenvalue weighted by molar-refractivity contribution is 7.99. The number of hydrogen-bond acceptors (Lipinski definition) is 2. The molecule has 1 N–H and O–H groups in total. The van der Waals surface area contributed by atoms with Gasteiger partial charge in [0.2, 0.25) is 0 Å². The number of benzene rings is 6. The molecule has 142 valence electrons. The van der Waals surface area contributed by atoms with E-state index in [-0.39, 0.29) is 0 Å². The number of rotatable bonds is 0. The molecule has 0 saturated carbocycles. The molecular formula is C28H19NS. The fourth-order valence-corrected chi connectivity index (χ4v) is 5.24. The molecule has 0 bridgehead atoms. The van der Waals surface area contributed by atoms with Gasteiger partial charge in [0.1, 0.15) is 0 Å². The van der Waals surface area contributed by atoms with Crippen molar-refractivity contribution in [3.05, 3.63) is 109 Å². The molecular weight excluding hydrogens is 382 g/mol. The van der Waals surface area contributed by atoms with Gasteiger partial charge >= 0.3 is 0 Å². The van der Waals surface area contributed by atoms with Gasteiger partial charge in [0.25, 0.3) is 0 Å². The van der Waals surface area contributed by atoms with E-state index >= 15 is 0 Å². The minimum absolute atomic E-state index is 1.20. The first-order valence-corrected chi connectivity index (χ1v) is 10.9. The van der Waals surface area contributed by atoms with E-state index < -0.39 is 0 Å². The Kier molecular flexibility index (Phi) is 4.10. The third-order valence-electron chi connectivity index (χ3n) is 5.66. The van der Waals surface area contributed by atoms with Crippen LogP contribution in [0.25, 0.3) is 32.3 Å². The second-order valence-corrected chi connectivity index (χ2v) is 8.59. The minimum Gasteiger partial charge on any atom is -0.354 e. The summed E-state index contributed by atoms with van der Waals surface area (Å²) in [5, 5.41) is 11.6. The van der Waals surface area contributed by atoms with Crippen molar-refractivity contribution in [2.24, 2.45) is 0 Å². The summed E-state index contributed by atoms with van der Waals surface area (Å²) >= 11 is 1.82. The first-order valence-electron chi connectivity index (χ1n) is 10.1. The molecule has 0 radical (unpaired) electrons. The van der Waals surface area contributed by atoms with Gasteiger partial charge in [-0.05, 0) is 56.6 Å². The SMILES string of the molecule is c1cc2ccc3cccc4ccc(c1)c2c34.c1ccc2c(c1)Nc1ccccc1S2. The maximum atomic E-state index is 3.42. The number of para-hydroxylation sites is 2. The normalized spacial score (nSPS) is 12.1. The highest BCUT2D eigenvalue weighted by Crippen LogP contribution is 2.43. The van der Waals surface area contributed by atoms with Crippen molar-refractivity contribution in [1.29, 1.82) is 0 Å². The van der Waals surface area contributed by atoms with Crippen LogP contribution in [0.1, 0.15) is 0 Å². The number of nitrogens with one attached hydrogen (secondary N) is 1. The molecule has 0 spiro atoms. The van der Waals surface area contributed by atoms with E-state index in [4.69, 9.17) is 0 Å². The second-order valence-electron chi connectivity index (χ2n) is 7.51. The smallest absolute Gasteiger partial charge is 0.0526 e. The molecule has 2 heteroatoms. The van der Waals surface area contributed by atoms with Gasteiger partial charge in [-0.15, -0.1) is 0 Å². The molecule has 0 aromatic heterocycles. The van der Waals surface area contributed by atoms with E-state index in [9.17, 15) is 0 Å². The molecule has 0 saturated heterocycles. The van der Waals surface area contributed by atoms with E-state index in [0.717, 1.165) is 0 Å². The van der Waals surface area contributed by atoms with Gasteiger partial charge in [-0.3, -0.25) is 0 Å². The van der Waals surface area contributed by atoms with E-state index in [1.54, 1.807) is 0 Å². The molecule has 1 nitrogen and oxygen atoms in total. The largest absolute Gasteiger partial charge is 0.354 e. The Hall–Kier alpha value is -3.49. The van der Waals surface area contributed by atoms with Crippen LogP contribution in [0, 0.1) is 0 Å². The van der Waals surface area contributed by atoms with Crippen molar-refractivity contribution in [3.63, 3.8) is 0 Å². The lowest BCUT2D eigenvalue weighted by atomic mass is 9.95. The predicted octanol–water partition coefficient (Wildman–Crippen LogP) is 8.48. The molecule has 1 aliphatic heterocycles. The van der Waals surface area contributed by atoms with Crippen molar-refractivity contribution in [1.82, 2.24) is 0 Å². The quantitative estimate of drug-likeness (QED) is 0.256. The maximum absolute atomic E-state index is 3.42. The lowest BCUT2D eigenvalue weighted by Crippen LogP contribution is -1.98. The van der Waals surface area contributed by atoms with Crippen molar-refractivity contribution in [2.75, 3.05) is 5.32 Å². The summed E-state index contributed by atoms with van der Waals surface area (Å²) in [4.78, 5) is 2.59. The number of fused-ring (bicyclic) bond motifs is 2. The number of anilines is 2. The molecule has 1 aliphatic rings. The molecule has 1 heterocycles. The Bertz CT molecular complexity index is 1280. The lowest BCUT2D eigenvalue weighted by molar-refractivity contribution is 1.32. The van der Waals surface area contributed by atoms with Gasteiger partial charge in [-0.1, -0.05) is 96.7 Å². The molecule has 30 heavy (non-hydrogen) atoms. The van der Waals surface area contributed by atoms with Crippen LogP contribution in [-0.4, -0.2) is 0 Å². The molecule has 6 aromatic rings. The van der Waals surface area contributed by atoms with Gasteiger partial charge in [0.05, 0.1) is 11.4 Å². The first-order chi connectivity index (χ1) is 14.9. The fraction of sp³-hybridized carbons (Fsp3) is 0. The van der Waals surface area contributed by atoms with Crippen LogP contribution in [0.2, 0.25) is 0 Å². The summed E-state index contributed by atoms with van der Waals surface area (Å²) < 4.78 is 0. The van der Waals surface area contributed by atoms with E-state index in [2.05, 4.69) is 115 Å². The molecule has 0 aliphatic carbocycles. The summed E-state index contributed by atoms with van der Waals surface area (Å²) in [7, 11) is 0. The zero-order chi connectivity index (χ0) is 19.9. The van der Waals surface area contributed by atoms with E-state index in [0.29, 0.717) is 0 Å². The zero-order valence-corrected chi connectivity index (χ0v) is 17.1. The summed E-state index contributed by atoms with van der Waals surface area (Å²) in [5.74, 6) is 0. The van der Waals surface area contributed by atoms with Gasteiger partial charge in [0.15, 0.2) is 0 Å². The van der Waals surface area contributed by atoms with Crippen molar-refractivity contribution in [2.45, 2.75) is 9.79 Å². The Morgan fingerprint density at radius 2 is 0.800 bits per heavy atom. The van der Waals surface area contributed by atoms with Crippen LogP contribution < -0.4 is 5.32 Å². The minimum atomic E-state index is 1.20. The van der Waals surface area contributed by atoms with Crippen LogP contribution in [-0.2, 0) is 0 Å². The Balaban J connectivity index is 0.000000118. The Morgan fingerprint density at radius 1 is 0.400 bits per heavy atom. The summed E-state index contributed by atoms with van der Waals surface area (Å²) in [6, 6.07) is 38.6. The molecule has 0 atom stereocenters. The summed E-state index contributed by atoms with van der Waals surface area (Å²) in [6.07, 6.45) is 0. The molecule has 7 rings (SSSR count). The maximum Gasteiger partial charge on any atom is 0.0526 e. The lowest BCUT2D eigenvalue weighted by Gasteiger charge is -2.19. The molecule has 0 amide bonds. The van der Waals surface area contributed by atoms with Crippen LogP contribution >= 0.6 is 11.8 Å². The van der Waals surface area contributed by atoms with E-state index in [1.807, 2.05) is 11.8 Å². The average molecular weight is 402 g/mol. The molecule has 0 fully saturated rings. The van der Waals surface area contributed by atoms with Gasteiger partial charge in [-0.25, -0.2) is 0 Å². The van der Waals surface area contributed by atoms with E-state index in [1.165, 1.54) is 53.5 Å². The van der Waals surface area contributed by atoms with Crippen molar-refractivity contribution in [3.8, 4) is 0 Å². The zero-order valence-electron chi connectivity index (χ0n) is 16.3. The monoisotopic (exact) mass is 401 g/mol. The third-order valence-corrected chi connectivity index (χ3v) is 6.81. The van der Waals surface area contributed by atoms with Crippen LogP contribution in [0.3, 0.4) is 0 Å². The van der Waals surface area contributed by atoms with Crippen LogP contribution in [0.5, 0.6) is 0 Å². The predicted molar refractivity (Wildman–Crippen MR) is 130 cm³/mol. The van der Waals surface area contributed by atoms with Gasteiger partial charge < -0.3 is 5.32 Å². The fourth-order valence-electron chi connectivity index (χ4n) is 4.25. The standard InChI is InChI=1S/C16H10.C12H9NS/c1-3-11-7-9-13-5-2-6-14-10-8-12(4-1)15(11)16(13)14;1-3-7-11-9(5-1)13-10-6-2-4-8-12(10)14-11/h1-10H;1-8,13H. The van der Waals surface area contributed by atoms with Gasteiger partial charge in [0, 0.05) is 9.79 Å². The number of hydrogen-bond donors (Lipinski definition) is 1. The average Bonchev–Trinajstić information content (AvgIpc) is 2.82. The van der Waals surface area contributed by atoms with Gasteiger partial charge in [-0.2, -0.15) is 0 Å². The molecule has 6 aromatic carbocycles.